The highest BCUT2D eigenvalue weighted by atomic mass is 16.5. The lowest BCUT2D eigenvalue weighted by molar-refractivity contribution is -0.0343. The molecule has 0 spiro atoms. The van der Waals surface area contributed by atoms with Crippen LogP contribution in [0.15, 0.2) is 48.5 Å². The van der Waals surface area contributed by atoms with Crippen LogP contribution in [-0.4, -0.2) is 42.0 Å². The fourth-order valence-corrected chi connectivity index (χ4v) is 4.34. The number of ether oxygens (including phenoxy) is 1. The van der Waals surface area contributed by atoms with E-state index in [-0.39, 0.29) is 11.8 Å². The summed E-state index contributed by atoms with van der Waals surface area (Å²) in [5, 5.41) is 11.0. The molecule has 136 valence electrons. The average Bonchev–Trinajstić information content (AvgIpc) is 2.69. The number of hydrogen-bond donors (Lipinski definition) is 1. The summed E-state index contributed by atoms with van der Waals surface area (Å²) in [6, 6.07) is 15.6. The number of carbonyl (C=O) groups excluding carboxylic acids is 1. The van der Waals surface area contributed by atoms with Crippen LogP contribution in [0.4, 0.5) is 0 Å². The summed E-state index contributed by atoms with van der Waals surface area (Å²) in [5.74, 6) is 1.01. The van der Waals surface area contributed by atoms with Crippen molar-refractivity contribution in [2.75, 3.05) is 20.2 Å². The van der Waals surface area contributed by atoms with E-state index in [1.807, 2.05) is 48.5 Å². The van der Waals surface area contributed by atoms with Crippen LogP contribution in [0.2, 0.25) is 0 Å². The minimum atomic E-state index is -0.777. The Balaban J connectivity index is 1.47. The molecule has 1 heterocycles. The minimum absolute atomic E-state index is 0.0729. The van der Waals surface area contributed by atoms with Crippen molar-refractivity contribution in [3.05, 3.63) is 65.2 Å². The van der Waals surface area contributed by atoms with E-state index < -0.39 is 5.60 Å². The van der Waals surface area contributed by atoms with Crippen LogP contribution < -0.4 is 4.74 Å². The molecular formula is C22H25NO3. The van der Waals surface area contributed by atoms with E-state index >= 15 is 0 Å². The zero-order chi connectivity index (χ0) is 18.1. The molecule has 1 fully saturated rings. The molecule has 1 atom stereocenters. The van der Waals surface area contributed by atoms with Crippen LogP contribution in [0.1, 0.15) is 40.7 Å². The molecular weight excluding hydrogens is 326 g/mol. The molecule has 2 aliphatic rings. The van der Waals surface area contributed by atoms with Gasteiger partial charge in [0.1, 0.15) is 5.75 Å². The lowest BCUT2D eigenvalue weighted by Gasteiger charge is -2.42. The molecule has 4 heteroatoms. The van der Waals surface area contributed by atoms with Gasteiger partial charge >= 0.3 is 0 Å². The second-order valence-corrected chi connectivity index (χ2v) is 7.38. The minimum Gasteiger partial charge on any atom is -0.497 e. The molecule has 1 aliphatic carbocycles. The fraction of sp³-hybridized carbons (Fsp3) is 0.409. The number of nitrogens with zero attached hydrogens (tertiary/aromatic N) is 1. The van der Waals surface area contributed by atoms with Gasteiger partial charge in [-0.1, -0.05) is 30.3 Å². The van der Waals surface area contributed by atoms with Crippen LogP contribution in [0.25, 0.3) is 0 Å². The Morgan fingerprint density at radius 1 is 1.12 bits per heavy atom. The molecule has 1 saturated heterocycles. The Morgan fingerprint density at radius 3 is 2.54 bits per heavy atom. The van der Waals surface area contributed by atoms with Gasteiger partial charge in [0.2, 0.25) is 0 Å². The van der Waals surface area contributed by atoms with Crippen LogP contribution in [0.3, 0.4) is 0 Å². The van der Waals surface area contributed by atoms with Crippen LogP contribution >= 0.6 is 0 Å². The van der Waals surface area contributed by atoms with Gasteiger partial charge in [0.15, 0.2) is 5.78 Å². The maximum Gasteiger partial charge on any atom is 0.180 e. The molecule has 2 aromatic carbocycles. The zero-order valence-electron chi connectivity index (χ0n) is 15.1. The number of carbonyl (C=O) groups is 1. The highest BCUT2D eigenvalue weighted by Crippen LogP contribution is 2.35. The highest BCUT2D eigenvalue weighted by Gasteiger charge is 2.39. The van der Waals surface area contributed by atoms with Crippen LogP contribution in [0.5, 0.6) is 5.75 Å². The molecule has 1 unspecified atom stereocenters. The third kappa shape index (κ3) is 3.04. The first kappa shape index (κ1) is 17.3. The number of Topliss-reactive ketones (excluding diaryl/α,β-unsaturated/α-hetero) is 1. The van der Waals surface area contributed by atoms with E-state index in [1.165, 1.54) is 0 Å². The lowest BCUT2D eigenvalue weighted by atomic mass is 9.81. The van der Waals surface area contributed by atoms with Crippen molar-refractivity contribution in [1.82, 2.24) is 4.90 Å². The Bertz CT molecular complexity index is 794. The van der Waals surface area contributed by atoms with Gasteiger partial charge in [0.05, 0.1) is 18.8 Å². The van der Waals surface area contributed by atoms with Crippen molar-refractivity contribution < 1.29 is 14.6 Å². The highest BCUT2D eigenvalue weighted by molar-refractivity contribution is 6.02. The number of benzene rings is 2. The first-order chi connectivity index (χ1) is 12.6. The number of rotatable bonds is 3. The standard InChI is InChI=1S/C22H25NO3/c1-26-18-8-9-19-16(15-18)7-10-20(21(19)24)23-13-11-22(25,12-14-23)17-5-3-2-4-6-17/h2-6,8-9,15,20,25H,7,10-14H2,1H3. The first-order valence-corrected chi connectivity index (χ1v) is 9.34. The van der Waals surface area contributed by atoms with E-state index in [4.69, 9.17) is 4.74 Å². The molecule has 0 bridgehead atoms. The SMILES string of the molecule is COc1ccc2c(c1)CCC(N1CCC(O)(c3ccccc3)CC1)C2=O. The lowest BCUT2D eigenvalue weighted by Crippen LogP contribution is -2.51. The molecule has 4 rings (SSSR count). The second-order valence-electron chi connectivity index (χ2n) is 7.38. The van der Waals surface area contributed by atoms with Crippen LogP contribution in [0, 0.1) is 0 Å². The largest absolute Gasteiger partial charge is 0.497 e. The monoisotopic (exact) mass is 351 g/mol. The van der Waals surface area contributed by atoms with Crippen molar-refractivity contribution in [2.45, 2.75) is 37.3 Å². The normalized spacial score (nSPS) is 22.7. The Hall–Kier alpha value is -2.17. The summed E-state index contributed by atoms with van der Waals surface area (Å²) in [7, 11) is 1.65. The molecule has 0 saturated carbocycles. The maximum atomic E-state index is 13.0. The summed E-state index contributed by atoms with van der Waals surface area (Å²) in [6.07, 6.45) is 3.05. The predicted octanol–water partition coefficient (Wildman–Crippen LogP) is 3.18. The summed E-state index contributed by atoms with van der Waals surface area (Å²) < 4.78 is 5.27. The first-order valence-electron chi connectivity index (χ1n) is 9.34. The third-order valence-corrected chi connectivity index (χ3v) is 5.94. The van der Waals surface area contributed by atoms with Crippen molar-refractivity contribution in [2.24, 2.45) is 0 Å². The summed E-state index contributed by atoms with van der Waals surface area (Å²) >= 11 is 0. The van der Waals surface area contributed by atoms with E-state index in [9.17, 15) is 9.90 Å². The Morgan fingerprint density at radius 2 is 1.85 bits per heavy atom. The summed E-state index contributed by atoms with van der Waals surface area (Å²) in [5.41, 5.74) is 2.11. The topological polar surface area (TPSA) is 49.8 Å². The van der Waals surface area contributed by atoms with Crippen molar-refractivity contribution >= 4 is 5.78 Å². The van der Waals surface area contributed by atoms with Gasteiger partial charge < -0.3 is 9.84 Å². The molecule has 1 aliphatic heterocycles. The van der Waals surface area contributed by atoms with E-state index in [1.54, 1.807) is 7.11 Å². The van der Waals surface area contributed by atoms with Gasteiger partial charge in [-0.3, -0.25) is 9.69 Å². The second kappa shape index (κ2) is 6.86. The maximum absolute atomic E-state index is 13.0. The summed E-state index contributed by atoms with van der Waals surface area (Å²) in [6.45, 7) is 1.49. The molecule has 0 amide bonds. The Labute approximate surface area is 154 Å². The van der Waals surface area contributed by atoms with Crippen molar-refractivity contribution in [3.63, 3.8) is 0 Å². The van der Waals surface area contributed by atoms with Gasteiger partial charge in [-0.25, -0.2) is 0 Å². The van der Waals surface area contributed by atoms with Gasteiger partial charge in [-0.05, 0) is 55.0 Å². The third-order valence-electron chi connectivity index (χ3n) is 5.94. The van der Waals surface area contributed by atoms with Gasteiger partial charge in [0.25, 0.3) is 0 Å². The number of methoxy groups -OCH3 is 1. The molecule has 1 N–H and O–H groups in total. The zero-order valence-corrected chi connectivity index (χ0v) is 15.1. The molecule has 26 heavy (non-hydrogen) atoms. The number of hydrogen-bond acceptors (Lipinski definition) is 4. The quantitative estimate of drug-likeness (QED) is 0.923. The molecule has 0 radical (unpaired) electrons. The van der Waals surface area contributed by atoms with Gasteiger partial charge in [-0.2, -0.15) is 0 Å². The molecule has 0 aromatic heterocycles. The number of fused-ring (bicyclic) bond motifs is 1. The Kier molecular flexibility index (Phi) is 4.55. The van der Waals surface area contributed by atoms with Gasteiger partial charge in [-0.15, -0.1) is 0 Å². The van der Waals surface area contributed by atoms with E-state index in [0.29, 0.717) is 12.8 Å². The smallest absolute Gasteiger partial charge is 0.180 e. The fourth-order valence-electron chi connectivity index (χ4n) is 4.34. The number of likely N-dealkylation sites (tertiary alicyclic amines) is 1. The predicted molar refractivity (Wildman–Crippen MR) is 101 cm³/mol. The number of aliphatic hydroxyl groups is 1. The van der Waals surface area contributed by atoms with Crippen LogP contribution in [-0.2, 0) is 12.0 Å². The number of aryl methyl sites for hydroxylation is 1. The van der Waals surface area contributed by atoms with Crippen molar-refractivity contribution in [3.8, 4) is 5.75 Å². The van der Waals surface area contributed by atoms with E-state index in [2.05, 4.69) is 4.90 Å². The molecule has 4 nitrogen and oxygen atoms in total. The molecule has 2 aromatic rings. The average molecular weight is 351 g/mol. The number of ketones is 1. The number of piperidine rings is 1. The van der Waals surface area contributed by atoms with E-state index in [0.717, 1.165) is 48.4 Å². The van der Waals surface area contributed by atoms with Gasteiger partial charge in [0, 0.05) is 18.7 Å². The van der Waals surface area contributed by atoms with Crippen molar-refractivity contribution in [1.29, 1.82) is 0 Å². The summed E-state index contributed by atoms with van der Waals surface area (Å²) in [4.78, 5) is 15.3.